The molecule has 0 aromatic carbocycles. The van der Waals surface area contributed by atoms with Crippen molar-refractivity contribution in [2.75, 3.05) is 24.5 Å². The Labute approximate surface area is 119 Å². The van der Waals surface area contributed by atoms with Crippen LogP contribution in [0, 0.1) is 0 Å². The van der Waals surface area contributed by atoms with Gasteiger partial charge in [-0.1, -0.05) is 12.5 Å². The summed E-state index contributed by atoms with van der Waals surface area (Å²) < 4.78 is 0. The topological polar surface area (TPSA) is 56.7 Å². The number of rotatable bonds is 2. The number of carbonyl (C=O) groups is 1. The van der Waals surface area contributed by atoms with Gasteiger partial charge >= 0.3 is 5.97 Å². The van der Waals surface area contributed by atoms with Gasteiger partial charge in [-0.2, -0.15) is 0 Å². The van der Waals surface area contributed by atoms with Crippen molar-refractivity contribution in [2.24, 2.45) is 0 Å². The van der Waals surface area contributed by atoms with Crippen LogP contribution < -0.4 is 4.90 Å². The van der Waals surface area contributed by atoms with Gasteiger partial charge in [0.15, 0.2) is 5.69 Å². The maximum atomic E-state index is 11.1. The number of piperazine rings is 1. The Balaban J connectivity index is 1.82. The highest BCUT2D eigenvalue weighted by Crippen LogP contribution is 2.27. The highest BCUT2D eigenvalue weighted by molar-refractivity contribution is 5.85. The zero-order valence-corrected chi connectivity index (χ0v) is 11.8. The first-order chi connectivity index (χ1) is 9.65. The minimum absolute atomic E-state index is 0.126. The molecule has 1 aromatic rings. The number of anilines is 1. The maximum Gasteiger partial charge on any atom is 0.354 e. The summed E-state index contributed by atoms with van der Waals surface area (Å²) in [5.74, 6) is -0.168. The van der Waals surface area contributed by atoms with Crippen LogP contribution in [0.3, 0.4) is 0 Å². The minimum Gasteiger partial charge on any atom is -0.477 e. The van der Waals surface area contributed by atoms with Gasteiger partial charge in [0.25, 0.3) is 0 Å². The highest BCUT2D eigenvalue weighted by atomic mass is 16.4. The van der Waals surface area contributed by atoms with E-state index in [0.717, 1.165) is 18.9 Å². The van der Waals surface area contributed by atoms with Crippen LogP contribution in [0.5, 0.6) is 0 Å². The lowest BCUT2D eigenvalue weighted by molar-refractivity contribution is 0.0690. The summed E-state index contributed by atoms with van der Waals surface area (Å²) in [7, 11) is 0. The first-order valence-electron chi connectivity index (χ1n) is 7.36. The van der Waals surface area contributed by atoms with Crippen LogP contribution in [0.1, 0.15) is 36.7 Å². The predicted octanol–water partition coefficient (Wildman–Crippen LogP) is 1.84. The van der Waals surface area contributed by atoms with Crippen molar-refractivity contribution >= 4 is 11.8 Å². The van der Waals surface area contributed by atoms with Gasteiger partial charge in [0, 0.05) is 25.2 Å². The molecule has 2 fully saturated rings. The average Bonchev–Trinajstić information content (AvgIpc) is 2.46. The van der Waals surface area contributed by atoms with Gasteiger partial charge in [-0.05, 0) is 38.4 Å². The molecule has 1 aromatic heterocycles. The molecule has 1 N–H and O–H groups in total. The number of hydrogen-bond donors (Lipinski definition) is 1. The lowest BCUT2D eigenvalue weighted by Crippen LogP contribution is -2.59. The number of fused-ring (bicyclic) bond motifs is 1. The van der Waals surface area contributed by atoms with E-state index in [-0.39, 0.29) is 5.69 Å². The molecule has 3 rings (SSSR count). The lowest BCUT2D eigenvalue weighted by atomic mass is 9.97. The van der Waals surface area contributed by atoms with E-state index < -0.39 is 5.97 Å². The third-order valence-electron chi connectivity index (χ3n) is 4.44. The van der Waals surface area contributed by atoms with E-state index in [2.05, 4.69) is 21.7 Å². The SMILES string of the molecule is CC1CN2CCCCC2CN1c1cccc(C(=O)O)n1. The largest absolute Gasteiger partial charge is 0.477 e. The molecule has 0 saturated carbocycles. The fourth-order valence-corrected chi connectivity index (χ4v) is 3.37. The van der Waals surface area contributed by atoms with Crippen molar-refractivity contribution in [1.29, 1.82) is 0 Å². The molecule has 5 nitrogen and oxygen atoms in total. The fraction of sp³-hybridized carbons (Fsp3) is 0.600. The van der Waals surface area contributed by atoms with Crippen LogP contribution in [0.2, 0.25) is 0 Å². The Bertz CT molecular complexity index is 506. The number of aromatic nitrogens is 1. The molecule has 20 heavy (non-hydrogen) atoms. The molecular weight excluding hydrogens is 254 g/mol. The Kier molecular flexibility index (Phi) is 3.61. The molecule has 2 unspecified atom stereocenters. The summed E-state index contributed by atoms with van der Waals surface area (Å²) in [6, 6.07) is 6.22. The van der Waals surface area contributed by atoms with Crippen LogP contribution in [-0.4, -0.2) is 52.7 Å². The smallest absolute Gasteiger partial charge is 0.354 e. The van der Waals surface area contributed by atoms with Crippen molar-refractivity contribution in [2.45, 2.75) is 38.3 Å². The molecule has 2 aliphatic heterocycles. The van der Waals surface area contributed by atoms with Crippen LogP contribution >= 0.6 is 0 Å². The molecule has 0 bridgehead atoms. The molecule has 2 atom stereocenters. The summed E-state index contributed by atoms with van der Waals surface area (Å²) in [6.45, 7) is 5.40. The molecule has 2 aliphatic rings. The standard InChI is InChI=1S/C15H21N3O2/c1-11-9-17-8-3-2-5-12(17)10-18(11)14-7-4-6-13(16-14)15(19)20/h4,6-7,11-12H,2-3,5,8-10H2,1H3,(H,19,20). The molecular formula is C15H21N3O2. The number of nitrogens with zero attached hydrogens (tertiary/aromatic N) is 3. The molecule has 2 saturated heterocycles. The third kappa shape index (κ3) is 2.50. The summed E-state index contributed by atoms with van der Waals surface area (Å²) >= 11 is 0. The van der Waals surface area contributed by atoms with E-state index in [0.29, 0.717) is 12.1 Å². The number of aromatic carboxylic acids is 1. The molecule has 108 valence electrons. The molecule has 0 radical (unpaired) electrons. The first kappa shape index (κ1) is 13.4. The summed E-state index contributed by atoms with van der Waals surface area (Å²) in [4.78, 5) is 20.2. The summed E-state index contributed by atoms with van der Waals surface area (Å²) in [5, 5.41) is 9.07. The van der Waals surface area contributed by atoms with Crippen LogP contribution in [0.4, 0.5) is 5.82 Å². The second kappa shape index (κ2) is 5.40. The highest BCUT2D eigenvalue weighted by Gasteiger charge is 2.33. The zero-order chi connectivity index (χ0) is 14.1. The van der Waals surface area contributed by atoms with E-state index >= 15 is 0 Å². The van der Waals surface area contributed by atoms with Crippen molar-refractivity contribution in [3.63, 3.8) is 0 Å². The van der Waals surface area contributed by atoms with Crippen molar-refractivity contribution in [3.05, 3.63) is 23.9 Å². The molecule has 5 heteroatoms. The number of carboxylic acid groups (broad SMARTS) is 1. The minimum atomic E-state index is -0.962. The Morgan fingerprint density at radius 2 is 2.20 bits per heavy atom. The van der Waals surface area contributed by atoms with E-state index in [1.54, 1.807) is 12.1 Å². The van der Waals surface area contributed by atoms with Crippen LogP contribution in [0.15, 0.2) is 18.2 Å². The van der Waals surface area contributed by atoms with Gasteiger partial charge in [-0.25, -0.2) is 9.78 Å². The van der Waals surface area contributed by atoms with Crippen LogP contribution in [-0.2, 0) is 0 Å². The first-order valence-corrected chi connectivity index (χ1v) is 7.36. The van der Waals surface area contributed by atoms with E-state index in [1.165, 1.54) is 25.8 Å². The Morgan fingerprint density at radius 3 is 3.00 bits per heavy atom. The normalized spacial score (nSPS) is 27.1. The Morgan fingerprint density at radius 1 is 1.35 bits per heavy atom. The molecule has 0 aliphatic carbocycles. The number of hydrogen-bond acceptors (Lipinski definition) is 4. The maximum absolute atomic E-state index is 11.1. The monoisotopic (exact) mass is 275 g/mol. The van der Waals surface area contributed by atoms with Gasteiger partial charge in [0.1, 0.15) is 5.82 Å². The fourth-order valence-electron chi connectivity index (χ4n) is 3.37. The van der Waals surface area contributed by atoms with E-state index in [1.807, 2.05) is 6.07 Å². The van der Waals surface area contributed by atoms with Gasteiger partial charge in [-0.3, -0.25) is 4.90 Å². The van der Waals surface area contributed by atoms with Crippen molar-refractivity contribution < 1.29 is 9.90 Å². The van der Waals surface area contributed by atoms with E-state index in [4.69, 9.17) is 5.11 Å². The quantitative estimate of drug-likeness (QED) is 0.892. The third-order valence-corrected chi connectivity index (χ3v) is 4.44. The van der Waals surface area contributed by atoms with Crippen molar-refractivity contribution in [3.8, 4) is 0 Å². The summed E-state index contributed by atoms with van der Waals surface area (Å²) in [6.07, 6.45) is 3.84. The van der Waals surface area contributed by atoms with Gasteiger partial charge in [0.05, 0.1) is 0 Å². The average molecular weight is 275 g/mol. The molecule has 3 heterocycles. The van der Waals surface area contributed by atoms with E-state index in [9.17, 15) is 4.79 Å². The lowest BCUT2D eigenvalue weighted by Gasteiger charge is -2.48. The molecule has 0 spiro atoms. The number of pyridine rings is 1. The predicted molar refractivity (Wildman–Crippen MR) is 77.2 cm³/mol. The van der Waals surface area contributed by atoms with Crippen LogP contribution in [0.25, 0.3) is 0 Å². The van der Waals surface area contributed by atoms with Gasteiger partial charge < -0.3 is 10.0 Å². The summed E-state index contributed by atoms with van der Waals surface area (Å²) in [5.41, 5.74) is 0.126. The van der Waals surface area contributed by atoms with Gasteiger partial charge in [-0.15, -0.1) is 0 Å². The second-order valence-electron chi connectivity index (χ2n) is 5.83. The van der Waals surface area contributed by atoms with Crippen molar-refractivity contribution in [1.82, 2.24) is 9.88 Å². The number of piperidine rings is 1. The van der Waals surface area contributed by atoms with Gasteiger partial charge in [0.2, 0.25) is 0 Å². The molecule has 0 amide bonds. The Hall–Kier alpha value is -1.62. The number of carboxylic acids is 1. The zero-order valence-electron chi connectivity index (χ0n) is 11.8. The second-order valence-corrected chi connectivity index (χ2v) is 5.83.